The van der Waals surface area contributed by atoms with Crippen molar-refractivity contribution in [1.29, 1.82) is 0 Å². The molecule has 4 nitrogen and oxygen atoms in total. The van der Waals surface area contributed by atoms with E-state index < -0.39 is 0 Å². The maximum atomic E-state index is 11.0. The number of nitrogens with zero attached hydrogens (tertiary/aromatic N) is 1. The molecule has 0 aliphatic heterocycles. The monoisotopic (exact) mass is 323 g/mol. The summed E-state index contributed by atoms with van der Waals surface area (Å²) in [5.74, 6) is 1.07. The number of hydrogen-bond acceptors (Lipinski definition) is 3. The number of hydrogen-bond donors (Lipinski definition) is 0. The number of rotatable bonds is 5. The second-order valence-electron chi connectivity index (χ2n) is 4.46. The largest absolute Gasteiger partial charge is 0.493 e. The molecule has 0 saturated carbocycles. The van der Waals surface area contributed by atoms with Gasteiger partial charge in [0.2, 0.25) is 0 Å². The van der Waals surface area contributed by atoms with Crippen LogP contribution in [0.15, 0.2) is 36.4 Å². The van der Waals surface area contributed by atoms with Crippen LogP contribution in [0.4, 0.5) is 5.69 Å². The molecule has 0 saturated heterocycles. The molecule has 19 heavy (non-hydrogen) atoms. The number of benzene rings is 2. The van der Waals surface area contributed by atoms with Crippen LogP contribution in [0.5, 0.6) is 5.75 Å². The summed E-state index contributed by atoms with van der Waals surface area (Å²) in [5, 5.41) is 13.2. The summed E-state index contributed by atoms with van der Waals surface area (Å²) in [4.78, 5) is 10.6. The van der Waals surface area contributed by atoms with Gasteiger partial charge in [0.25, 0.3) is 5.69 Å². The number of nitro groups is 1. The molecule has 100 valence electrons. The number of halogens is 1. The van der Waals surface area contributed by atoms with E-state index in [4.69, 9.17) is 4.74 Å². The van der Waals surface area contributed by atoms with Gasteiger partial charge in [-0.05, 0) is 18.1 Å². The molecule has 0 fully saturated rings. The van der Waals surface area contributed by atoms with Gasteiger partial charge < -0.3 is 4.74 Å². The van der Waals surface area contributed by atoms with Crippen molar-refractivity contribution in [3.63, 3.8) is 0 Å². The van der Waals surface area contributed by atoms with Crippen molar-refractivity contribution in [3.8, 4) is 5.75 Å². The SMILES string of the molecule is CC(CBr)COc1ccc([N+](=O)[O-])c2ccccc12. The van der Waals surface area contributed by atoms with Crippen LogP contribution in [0.1, 0.15) is 6.92 Å². The lowest BCUT2D eigenvalue weighted by Crippen LogP contribution is -2.09. The Balaban J connectivity index is 2.41. The van der Waals surface area contributed by atoms with Crippen molar-refractivity contribution in [2.24, 2.45) is 5.92 Å². The van der Waals surface area contributed by atoms with Crippen molar-refractivity contribution in [2.45, 2.75) is 6.92 Å². The highest BCUT2D eigenvalue weighted by Gasteiger charge is 2.14. The summed E-state index contributed by atoms with van der Waals surface area (Å²) in [6.07, 6.45) is 0. The van der Waals surface area contributed by atoms with E-state index in [1.807, 2.05) is 12.1 Å². The van der Waals surface area contributed by atoms with Crippen LogP contribution in [-0.2, 0) is 0 Å². The normalized spacial score (nSPS) is 12.3. The summed E-state index contributed by atoms with van der Waals surface area (Å²) in [6, 6.07) is 10.4. The van der Waals surface area contributed by atoms with Crippen molar-refractivity contribution >= 4 is 32.4 Å². The van der Waals surface area contributed by atoms with Crippen LogP contribution in [-0.4, -0.2) is 16.9 Å². The standard InChI is InChI=1S/C14H14BrNO3/c1-10(8-15)9-19-14-7-6-13(16(17)18)11-4-2-3-5-12(11)14/h2-7,10H,8-9H2,1H3. The lowest BCUT2D eigenvalue weighted by molar-refractivity contribution is -0.383. The third-order valence-electron chi connectivity index (χ3n) is 2.84. The van der Waals surface area contributed by atoms with Gasteiger partial charge >= 0.3 is 0 Å². The predicted molar refractivity (Wildman–Crippen MR) is 79.1 cm³/mol. The molecule has 2 aromatic carbocycles. The maximum absolute atomic E-state index is 11.0. The minimum absolute atomic E-state index is 0.108. The van der Waals surface area contributed by atoms with Gasteiger partial charge in [0.15, 0.2) is 0 Å². The van der Waals surface area contributed by atoms with Crippen LogP contribution in [0.3, 0.4) is 0 Å². The predicted octanol–water partition coefficient (Wildman–Crippen LogP) is 4.16. The van der Waals surface area contributed by atoms with Crippen LogP contribution in [0.25, 0.3) is 10.8 Å². The average molecular weight is 324 g/mol. The molecular formula is C14H14BrNO3. The van der Waals surface area contributed by atoms with Crippen LogP contribution >= 0.6 is 15.9 Å². The lowest BCUT2D eigenvalue weighted by atomic mass is 10.1. The van der Waals surface area contributed by atoms with Crippen LogP contribution < -0.4 is 4.74 Å². The molecule has 0 aliphatic carbocycles. The minimum atomic E-state index is -0.368. The van der Waals surface area contributed by atoms with Gasteiger partial charge in [-0.2, -0.15) is 0 Å². The molecule has 0 amide bonds. The Morgan fingerprint density at radius 2 is 1.95 bits per heavy atom. The summed E-state index contributed by atoms with van der Waals surface area (Å²) >= 11 is 3.40. The average Bonchev–Trinajstić information content (AvgIpc) is 2.43. The van der Waals surface area contributed by atoms with E-state index in [1.165, 1.54) is 6.07 Å². The van der Waals surface area contributed by atoms with E-state index >= 15 is 0 Å². The molecule has 0 spiro atoms. The van der Waals surface area contributed by atoms with Gasteiger partial charge in [-0.15, -0.1) is 0 Å². The summed E-state index contributed by atoms with van der Waals surface area (Å²) < 4.78 is 5.75. The highest BCUT2D eigenvalue weighted by molar-refractivity contribution is 9.09. The summed E-state index contributed by atoms with van der Waals surface area (Å²) in [6.45, 7) is 2.65. The fourth-order valence-electron chi connectivity index (χ4n) is 1.82. The first-order valence-corrected chi connectivity index (χ1v) is 7.10. The molecule has 0 N–H and O–H groups in total. The van der Waals surface area contributed by atoms with Gasteiger partial charge in [-0.1, -0.05) is 41.1 Å². The maximum Gasteiger partial charge on any atom is 0.277 e. The second-order valence-corrected chi connectivity index (χ2v) is 5.10. The van der Waals surface area contributed by atoms with E-state index in [2.05, 4.69) is 22.9 Å². The molecular weight excluding hydrogens is 310 g/mol. The van der Waals surface area contributed by atoms with E-state index in [0.717, 1.165) is 10.7 Å². The van der Waals surface area contributed by atoms with Crippen LogP contribution in [0, 0.1) is 16.0 Å². The number of non-ortho nitro benzene ring substituents is 1. The van der Waals surface area contributed by atoms with E-state index in [1.54, 1.807) is 18.2 Å². The molecule has 0 aromatic heterocycles. The fraction of sp³-hybridized carbons (Fsp3) is 0.286. The Hall–Kier alpha value is -1.62. The zero-order chi connectivity index (χ0) is 13.8. The first-order chi connectivity index (χ1) is 9.13. The first-order valence-electron chi connectivity index (χ1n) is 5.98. The van der Waals surface area contributed by atoms with E-state index in [0.29, 0.717) is 23.7 Å². The Morgan fingerprint density at radius 3 is 2.58 bits per heavy atom. The van der Waals surface area contributed by atoms with Gasteiger partial charge in [0.1, 0.15) is 5.75 Å². The number of nitro benzene ring substituents is 1. The number of alkyl halides is 1. The number of fused-ring (bicyclic) bond motifs is 1. The van der Waals surface area contributed by atoms with E-state index in [9.17, 15) is 10.1 Å². The molecule has 0 heterocycles. The van der Waals surface area contributed by atoms with Gasteiger partial charge in [0, 0.05) is 16.8 Å². The zero-order valence-corrected chi connectivity index (χ0v) is 12.1. The van der Waals surface area contributed by atoms with Gasteiger partial charge in [-0.25, -0.2) is 0 Å². The molecule has 0 radical (unpaired) electrons. The first kappa shape index (κ1) is 13.8. The third-order valence-corrected chi connectivity index (χ3v) is 3.95. The Kier molecular flexibility index (Phi) is 4.37. The van der Waals surface area contributed by atoms with Crippen LogP contribution in [0.2, 0.25) is 0 Å². The second kappa shape index (κ2) is 6.02. The third kappa shape index (κ3) is 3.04. The lowest BCUT2D eigenvalue weighted by Gasteiger charge is -2.12. The van der Waals surface area contributed by atoms with Crippen molar-refractivity contribution in [3.05, 3.63) is 46.5 Å². The smallest absolute Gasteiger partial charge is 0.277 e. The molecule has 1 atom stereocenters. The minimum Gasteiger partial charge on any atom is -0.493 e. The van der Waals surface area contributed by atoms with Gasteiger partial charge in [0.05, 0.1) is 16.9 Å². The molecule has 2 rings (SSSR count). The Morgan fingerprint density at radius 1 is 1.26 bits per heavy atom. The molecule has 5 heteroatoms. The summed E-state index contributed by atoms with van der Waals surface area (Å²) in [5.41, 5.74) is 0.108. The quantitative estimate of drug-likeness (QED) is 0.471. The van der Waals surface area contributed by atoms with Gasteiger partial charge in [-0.3, -0.25) is 10.1 Å². The van der Waals surface area contributed by atoms with Crippen molar-refractivity contribution in [1.82, 2.24) is 0 Å². The van der Waals surface area contributed by atoms with Crippen molar-refractivity contribution in [2.75, 3.05) is 11.9 Å². The molecule has 1 unspecified atom stereocenters. The zero-order valence-electron chi connectivity index (χ0n) is 10.5. The van der Waals surface area contributed by atoms with E-state index in [-0.39, 0.29) is 10.6 Å². The highest BCUT2D eigenvalue weighted by Crippen LogP contribution is 2.32. The summed E-state index contributed by atoms with van der Waals surface area (Å²) in [7, 11) is 0. The Labute approximate surface area is 119 Å². The fourth-order valence-corrected chi connectivity index (χ4v) is 2.00. The molecule has 0 aliphatic rings. The number of ether oxygens (including phenoxy) is 1. The highest BCUT2D eigenvalue weighted by atomic mass is 79.9. The Bertz CT molecular complexity index is 600. The van der Waals surface area contributed by atoms with Crippen molar-refractivity contribution < 1.29 is 9.66 Å². The molecule has 2 aromatic rings. The molecule has 0 bridgehead atoms. The topological polar surface area (TPSA) is 52.4 Å².